The first-order valence-corrected chi connectivity index (χ1v) is 32.3. The van der Waals surface area contributed by atoms with Crippen LogP contribution in [0.3, 0.4) is 0 Å². The van der Waals surface area contributed by atoms with E-state index in [0.717, 1.165) is 46.4 Å². The largest absolute Gasteiger partial charge is 0.508 e. The Morgan fingerprint density at radius 3 is 2.44 bits per heavy atom. The summed E-state index contributed by atoms with van der Waals surface area (Å²) in [7, 11) is 2.02. The fraction of sp³-hybridized carbons (Fsp3) is 0.542. The van der Waals surface area contributed by atoms with Gasteiger partial charge in [0.25, 0.3) is 0 Å². The number of aliphatic hydroxyl groups is 4. The standard InChI is InChI=1S/C72H98N8O8/c1-44-14-9-10-35-88-43-52(21-11-15-45(2)61(30-23-44)79-62(41-76-5)50-18-7-6-8-19-50)56-32-34-72(67(56)85)60-29-28-54(82)37-47-16-12-17-48(36-47)38-58(59(40-78-70(74)75)49-24-26-53(81)27-25-49)64(84)42-77-66-65-51(20-13-22-57(65)68(73)80-69(66)86)39-63(83)46(3)55(60)31-33-71(72,4)87/h11-13,15-17,20-27,36,50,54,56,58-62,64,66-68,76-77,79,81-82,84-85,87H,2,6-8,14,18-19,28-35,37-43,73H2,1,3-5H3,(H,80,86)(H4,74,75,78)/b15-11+,44-23+,52-21-,55-46?/t54-,56+,58+,59+,60+,61-,62-,64+,66+,67+,68+,71+,72+/m0/s1. The van der Waals surface area contributed by atoms with E-state index in [2.05, 4.69) is 69.8 Å². The van der Waals surface area contributed by atoms with Gasteiger partial charge in [0, 0.05) is 61.8 Å². The molecule has 1 spiro atoms. The molecule has 0 radical (unpaired) electrons. The monoisotopic (exact) mass is 1200 g/mol. The van der Waals surface area contributed by atoms with E-state index >= 15 is 4.79 Å². The van der Waals surface area contributed by atoms with Crippen molar-refractivity contribution in [3.8, 4) is 17.6 Å². The van der Waals surface area contributed by atoms with E-state index in [1.54, 1.807) is 24.3 Å². The van der Waals surface area contributed by atoms with E-state index in [1.807, 2.05) is 69.4 Å². The van der Waals surface area contributed by atoms with Crippen LogP contribution in [0.5, 0.6) is 5.75 Å². The molecule has 3 fully saturated rings. The predicted molar refractivity (Wildman–Crippen MR) is 347 cm³/mol. The van der Waals surface area contributed by atoms with Crippen LogP contribution < -0.4 is 38.5 Å². The number of carbonyl (C=O) groups is 2. The summed E-state index contributed by atoms with van der Waals surface area (Å²) in [4.78, 5) is 34.0. The molecule has 3 aliphatic heterocycles. The number of fused-ring (bicyclic) bond motifs is 4. The number of ketones is 1. The van der Waals surface area contributed by atoms with Crippen molar-refractivity contribution in [3.05, 3.63) is 159 Å². The lowest BCUT2D eigenvalue weighted by molar-refractivity contribution is -0.168. The van der Waals surface area contributed by atoms with Gasteiger partial charge < -0.3 is 63.4 Å². The minimum absolute atomic E-state index is 0.0145. The van der Waals surface area contributed by atoms with Gasteiger partial charge in [0.1, 0.15) is 24.6 Å². The summed E-state index contributed by atoms with van der Waals surface area (Å²) in [5.41, 5.74) is 24.8. The zero-order valence-corrected chi connectivity index (χ0v) is 52.3. The van der Waals surface area contributed by atoms with E-state index in [4.69, 9.17) is 21.9 Å². The number of likely N-dealkylation sites (N-methyl/N-ethyl adjacent to an activating group) is 1. The van der Waals surface area contributed by atoms with Crippen LogP contribution in [0.15, 0.2) is 130 Å². The van der Waals surface area contributed by atoms with Gasteiger partial charge in [0.2, 0.25) is 5.91 Å². The Morgan fingerprint density at radius 2 is 1.69 bits per heavy atom. The van der Waals surface area contributed by atoms with Crippen LogP contribution in [0.25, 0.3) is 0 Å². The number of allylic oxidation sites excluding steroid dienone is 5. The summed E-state index contributed by atoms with van der Waals surface area (Å²) in [6, 6.07) is 19.5. The zero-order valence-electron chi connectivity index (χ0n) is 52.3. The number of nitrogens with one attached hydrogen (secondary N) is 4. The molecule has 0 saturated heterocycles. The lowest BCUT2D eigenvalue weighted by Gasteiger charge is -2.56. The quantitative estimate of drug-likeness (QED) is 0.0409. The second-order valence-corrected chi connectivity index (χ2v) is 26.4. The molecule has 1 amide bonds. The van der Waals surface area contributed by atoms with Crippen molar-refractivity contribution in [3.63, 3.8) is 0 Å². The normalized spacial score (nSPS) is 32.2. The fourth-order valence-electron chi connectivity index (χ4n) is 15.8. The molecular weight excluding hydrogens is 1100 g/mol. The summed E-state index contributed by atoms with van der Waals surface area (Å²) >= 11 is 0. The van der Waals surface area contributed by atoms with E-state index in [1.165, 1.54) is 37.7 Å². The highest BCUT2D eigenvalue weighted by molar-refractivity contribution is 5.98. The zero-order chi connectivity index (χ0) is 62.7. The molecule has 3 aromatic rings. The maximum absolute atomic E-state index is 15.3. The molecule has 3 aliphatic carbocycles. The number of rotatable bonds is 10. The maximum Gasteiger partial charge on any atom is 0.243 e. The van der Waals surface area contributed by atoms with Crippen molar-refractivity contribution in [2.75, 3.05) is 39.9 Å². The maximum atomic E-state index is 15.3. The first-order valence-electron chi connectivity index (χ1n) is 32.3. The third-order valence-electron chi connectivity index (χ3n) is 20.7. The van der Waals surface area contributed by atoms with Gasteiger partial charge >= 0.3 is 0 Å². The molecule has 15 N–H and O–H groups in total. The predicted octanol–water partition coefficient (Wildman–Crippen LogP) is 7.36. The lowest BCUT2D eigenvalue weighted by atomic mass is 9.52. The molecular formula is C72H98N8O8. The molecule has 3 aromatic carbocycles. The Kier molecular flexibility index (Phi) is 22.6. The number of ether oxygens (including phenoxy) is 1. The molecule has 16 heteroatoms. The third kappa shape index (κ3) is 15.5. The molecule has 13 atom stereocenters. The van der Waals surface area contributed by atoms with Crippen LogP contribution in [-0.4, -0.2) is 119 Å². The number of hydrogen-bond donors (Lipinski definition) is 12. The van der Waals surface area contributed by atoms with E-state index in [0.29, 0.717) is 86.0 Å². The minimum atomic E-state index is -1.38. The van der Waals surface area contributed by atoms with Gasteiger partial charge in [-0.05, 0) is 178 Å². The topological polar surface area (TPSA) is 283 Å². The first kappa shape index (κ1) is 66.2. The molecule has 16 nitrogen and oxygen atoms in total. The number of benzene rings is 3. The molecule has 2 bridgehead atoms. The number of aliphatic hydroxyl groups excluding tert-OH is 3. The highest BCUT2D eigenvalue weighted by Crippen LogP contribution is 2.63. The van der Waals surface area contributed by atoms with Crippen molar-refractivity contribution in [2.24, 2.45) is 51.3 Å². The van der Waals surface area contributed by atoms with Gasteiger partial charge in [0.15, 0.2) is 11.7 Å². The Morgan fingerprint density at radius 1 is 0.943 bits per heavy atom. The SMILES string of the molecule is C=C1/C=C/C=C(\[C@H]2CC[C@@]3([C@@H]4CC[C@H](O)Cc5cccc(c5)C[C@H]([C@H](CN=C(N)N)c5ccc(O)cc5)[C@H](O)CN[C@H]5C(=O)N[C@@H](N)c6cccc(c65)CC(=O)C(C)=C4CC[C@@]3(C)O)[C@@H]2O)COCC#CC/C(C)=C/C[C@@H]1N[C@@H](CNC)C1CCCCC1. The number of amides is 1. The van der Waals surface area contributed by atoms with Gasteiger partial charge in [-0.1, -0.05) is 128 Å². The van der Waals surface area contributed by atoms with E-state index in [-0.39, 0.29) is 62.3 Å². The number of phenolic OH excluding ortho intramolecular Hbond substituents is 1. The Hall–Kier alpha value is -6.23. The van der Waals surface area contributed by atoms with Gasteiger partial charge in [-0.25, -0.2) is 0 Å². The number of phenols is 1. The second kappa shape index (κ2) is 30.1. The van der Waals surface area contributed by atoms with Gasteiger partial charge in [-0.15, -0.1) is 0 Å². The van der Waals surface area contributed by atoms with Crippen LogP contribution in [0.2, 0.25) is 0 Å². The van der Waals surface area contributed by atoms with Crippen molar-refractivity contribution < 1.29 is 39.9 Å². The highest BCUT2D eigenvalue weighted by atomic mass is 16.5. The molecule has 474 valence electrons. The molecule has 88 heavy (non-hydrogen) atoms. The van der Waals surface area contributed by atoms with Crippen molar-refractivity contribution in [1.29, 1.82) is 0 Å². The van der Waals surface area contributed by atoms with Crippen molar-refractivity contribution in [1.82, 2.24) is 21.3 Å². The number of guanidine groups is 1. The van der Waals surface area contributed by atoms with E-state index in [9.17, 15) is 30.3 Å². The van der Waals surface area contributed by atoms with Crippen LogP contribution in [-0.2, 0) is 33.6 Å². The molecule has 3 heterocycles. The minimum Gasteiger partial charge on any atom is -0.508 e. The Balaban J connectivity index is 1.09. The van der Waals surface area contributed by atoms with Gasteiger partial charge in [-0.2, -0.15) is 0 Å². The van der Waals surface area contributed by atoms with E-state index < -0.39 is 71.1 Å². The number of hydrogen-bond acceptors (Lipinski definition) is 13. The smallest absolute Gasteiger partial charge is 0.243 e. The Bertz CT molecular complexity index is 3160. The van der Waals surface area contributed by atoms with Crippen molar-refractivity contribution in [2.45, 2.75) is 178 Å². The summed E-state index contributed by atoms with van der Waals surface area (Å²) in [6.45, 7) is 11.8. The van der Waals surface area contributed by atoms with Crippen LogP contribution >= 0.6 is 0 Å². The summed E-state index contributed by atoms with van der Waals surface area (Å²) < 4.78 is 6.34. The van der Waals surface area contributed by atoms with Gasteiger partial charge in [-0.3, -0.25) is 19.9 Å². The van der Waals surface area contributed by atoms with Crippen LogP contribution in [0.1, 0.15) is 156 Å². The van der Waals surface area contributed by atoms with Gasteiger partial charge in [0.05, 0.1) is 30.5 Å². The van der Waals surface area contributed by atoms with Crippen LogP contribution in [0, 0.1) is 40.9 Å². The molecule has 0 aromatic heterocycles. The summed E-state index contributed by atoms with van der Waals surface area (Å²) in [5.74, 6) is 4.53. The number of carbonyl (C=O) groups excluding carboxylic acids is 2. The summed E-state index contributed by atoms with van der Waals surface area (Å²) in [6.07, 6.45) is 15.1. The number of nitrogens with two attached hydrogens (primary N) is 3. The highest BCUT2D eigenvalue weighted by Gasteiger charge is 2.64. The summed E-state index contributed by atoms with van der Waals surface area (Å²) in [5, 5.41) is 75.4. The first-order chi connectivity index (χ1) is 42.3. The number of aromatic hydroxyl groups is 1. The van der Waals surface area contributed by atoms with Crippen molar-refractivity contribution >= 4 is 17.6 Å². The number of Topliss-reactive ketones (excluding diaryl/α,β-unsaturated/α-hetero) is 1. The average Bonchev–Trinajstić information content (AvgIpc) is 1.44. The number of nitrogens with zero attached hydrogens (tertiary/aromatic N) is 1. The second-order valence-electron chi connectivity index (χ2n) is 26.4. The third-order valence-corrected chi connectivity index (χ3v) is 20.7. The average molecular weight is 1200 g/mol. The fourth-order valence-corrected chi connectivity index (χ4v) is 15.8. The molecule has 0 unspecified atom stereocenters. The lowest BCUT2D eigenvalue weighted by Crippen LogP contribution is -2.59. The molecule has 9 rings (SSSR count). The number of β-amino-alcohol motifs (C(OH)–C–C–N with tert-alkyl or cyclic N) is 1. The number of aliphatic imine (C=N–C) groups is 1. The molecule has 6 aliphatic rings. The van der Waals surface area contributed by atoms with Crippen LogP contribution in [0.4, 0.5) is 0 Å². The Labute approximate surface area is 521 Å². The molecule has 3 saturated carbocycles.